The highest BCUT2D eigenvalue weighted by molar-refractivity contribution is 7.93. The monoisotopic (exact) mass is 430 g/mol. The molecule has 0 atom stereocenters. The van der Waals surface area contributed by atoms with Crippen LogP contribution >= 0.6 is 11.3 Å². The lowest BCUT2D eigenvalue weighted by Gasteiger charge is -2.36. The number of carbonyl (C=O) groups is 1. The third kappa shape index (κ3) is 3.90. The molecule has 0 saturated carbocycles. The molecule has 0 N–H and O–H groups in total. The zero-order valence-corrected chi connectivity index (χ0v) is 17.1. The summed E-state index contributed by atoms with van der Waals surface area (Å²) in [5.74, 6) is -0.473. The first-order valence-corrected chi connectivity index (χ1v) is 11.5. The van der Waals surface area contributed by atoms with Gasteiger partial charge < -0.3 is 9.80 Å². The first-order chi connectivity index (χ1) is 14.0. The molecule has 8 heteroatoms. The van der Waals surface area contributed by atoms with E-state index < -0.39 is 9.84 Å². The van der Waals surface area contributed by atoms with Crippen molar-refractivity contribution in [2.75, 3.05) is 31.1 Å². The Balaban J connectivity index is 1.46. The van der Waals surface area contributed by atoms with Gasteiger partial charge >= 0.3 is 0 Å². The maximum Gasteiger partial charge on any atom is 0.264 e. The Morgan fingerprint density at radius 2 is 1.52 bits per heavy atom. The fourth-order valence-corrected chi connectivity index (χ4v) is 6.01. The highest BCUT2D eigenvalue weighted by Gasteiger charge is 2.26. The Bertz CT molecular complexity index is 1120. The first kappa shape index (κ1) is 19.6. The average Bonchev–Trinajstić information content (AvgIpc) is 3.26. The Kier molecular flexibility index (Phi) is 5.38. The minimum Gasteiger partial charge on any atom is -0.366 e. The molecule has 3 aromatic rings. The fraction of sp³-hybridized carbons (Fsp3) is 0.190. The molecule has 1 saturated heterocycles. The second-order valence-corrected chi connectivity index (χ2v) is 9.93. The van der Waals surface area contributed by atoms with Gasteiger partial charge in [-0.3, -0.25) is 4.79 Å². The van der Waals surface area contributed by atoms with Crippen molar-refractivity contribution in [3.63, 3.8) is 0 Å². The van der Waals surface area contributed by atoms with Gasteiger partial charge in [0.15, 0.2) is 0 Å². The van der Waals surface area contributed by atoms with E-state index in [1.807, 2.05) is 4.90 Å². The standard InChI is InChI=1S/C21H19FN2O3S2/c22-17-8-4-5-9-18(17)23-12-14-24(15-13-23)21(25)19-10-11-20(28-19)29(26,27)16-6-2-1-3-7-16/h1-11H,12-15H2. The van der Waals surface area contributed by atoms with Crippen LogP contribution in [-0.4, -0.2) is 45.4 Å². The largest absolute Gasteiger partial charge is 0.366 e. The van der Waals surface area contributed by atoms with Crippen LogP contribution in [0.5, 0.6) is 0 Å². The predicted octanol–water partition coefficient (Wildman–Crippen LogP) is 3.68. The van der Waals surface area contributed by atoms with Gasteiger partial charge in [0.1, 0.15) is 10.0 Å². The summed E-state index contributed by atoms with van der Waals surface area (Å²) in [6.45, 7) is 1.94. The predicted molar refractivity (Wildman–Crippen MR) is 111 cm³/mol. The maximum absolute atomic E-state index is 14.0. The van der Waals surface area contributed by atoms with E-state index >= 15 is 0 Å². The molecule has 1 amide bonds. The number of nitrogens with zero attached hydrogens (tertiary/aromatic N) is 2. The van der Waals surface area contributed by atoms with Crippen molar-refractivity contribution in [3.05, 3.63) is 77.4 Å². The quantitative estimate of drug-likeness (QED) is 0.634. The third-order valence-electron chi connectivity index (χ3n) is 4.87. The lowest BCUT2D eigenvalue weighted by Crippen LogP contribution is -2.48. The van der Waals surface area contributed by atoms with E-state index in [4.69, 9.17) is 0 Å². The van der Waals surface area contributed by atoms with Gasteiger partial charge in [-0.15, -0.1) is 11.3 Å². The van der Waals surface area contributed by atoms with Crippen molar-refractivity contribution in [2.45, 2.75) is 9.10 Å². The Morgan fingerprint density at radius 1 is 0.862 bits per heavy atom. The molecule has 2 heterocycles. The van der Waals surface area contributed by atoms with Crippen LogP contribution in [0, 0.1) is 5.82 Å². The van der Waals surface area contributed by atoms with E-state index in [1.54, 1.807) is 59.5 Å². The normalized spacial score (nSPS) is 14.8. The van der Waals surface area contributed by atoms with Gasteiger partial charge in [0.2, 0.25) is 9.84 Å². The van der Waals surface area contributed by atoms with Crippen molar-refractivity contribution in [1.82, 2.24) is 4.90 Å². The Labute approximate surface area is 172 Å². The van der Waals surface area contributed by atoms with Gasteiger partial charge in [-0.2, -0.15) is 0 Å². The van der Waals surface area contributed by atoms with Gasteiger partial charge in [0, 0.05) is 26.2 Å². The van der Waals surface area contributed by atoms with Crippen LogP contribution in [0.1, 0.15) is 9.67 Å². The number of amides is 1. The van der Waals surface area contributed by atoms with Crippen molar-refractivity contribution < 1.29 is 17.6 Å². The molecule has 0 unspecified atom stereocenters. The van der Waals surface area contributed by atoms with Crippen LogP contribution in [-0.2, 0) is 9.84 Å². The lowest BCUT2D eigenvalue weighted by atomic mass is 10.2. The minimum absolute atomic E-state index is 0.150. The van der Waals surface area contributed by atoms with Crippen molar-refractivity contribution in [2.24, 2.45) is 0 Å². The van der Waals surface area contributed by atoms with E-state index in [2.05, 4.69) is 0 Å². The molecule has 150 valence electrons. The molecule has 0 spiro atoms. The SMILES string of the molecule is O=C(c1ccc(S(=O)(=O)c2ccccc2)s1)N1CCN(c2ccccc2F)CC1. The summed E-state index contributed by atoms with van der Waals surface area (Å²) in [6.07, 6.45) is 0. The summed E-state index contributed by atoms with van der Waals surface area (Å²) in [6, 6.07) is 17.8. The number of anilines is 1. The number of para-hydroxylation sites is 1. The first-order valence-electron chi connectivity index (χ1n) is 9.15. The summed E-state index contributed by atoms with van der Waals surface area (Å²) >= 11 is 0.983. The van der Waals surface area contributed by atoms with Gasteiger partial charge in [0.25, 0.3) is 5.91 Å². The number of benzene rings is 2. The van der Waals surface area contributed by atoms with E-state index in [0.29, 0.717) is 36.7 Å². The fourth-order valence-electron chi connectivity index (χ4n) is 3.31. The average molecular weight is 431 g/mol. The van der Waals surface area contributed by atoms with Crippen LogP contribution < -0.4 is 4.90 Å². The molecule has 5 nitrogen and oxygen atoms in total. The summed E-state index contributed by atoms with van der Waals surface area (Å²) < 4.78 is 39.6. The molecule has 1 fully saturated rings. The van der Waals surface area contributed by atoms with Gasteiger partial charge in [-0.05, 0) is 36.4 Å². The summed E-state index contributed by atoms with van der Waals surface area (Å²) in [7, 11) is -3.63. The van der Waals surface area contributed by atoms with E-state index in [9.17, 15) is 17.6 Å². The van der Waals surface area contributed by atoms with Gasteiger partial charge in [0.05, 0.1) is 15.5 Å². The zero-order valence-electron chi connectivity index (χ0n) is 15.5. The number of carbonyl (C=O) groups excluding carboxylic acids is 1. The molecule has 29 heavy (non-hydrogen) atoms. The lowest BCUT2D eigenvalue weighted by molar-refractivity contribution is 0.0751. The molecule has 0 bridgehead atoms. The molecule has 1 aliphatic rings. The van der Waals surface area contributed by atoms with E-state index in [-0.39, 0.29) is 20.8 Å². The van der Waals surface area contributed by atoms with Gasteiger partial charge in [-0.1, -0.05) is 30.3 Å². The topological polar surface area (TPSA) is 57.7 Å². The third-order valence-corrected chi connectivity index (χ3v) is 8.21. The molecule has 1 aromatic heterocycles. The number of hydrogen-bond donors (Lipinski definition) is 0. The number of rotatable bonds is 4. The van der Waals surface area contributed by atoms with Gasteiger partial charge in [-0.25, -0.2) is 12.8 Å². The zero-order chi connectivity index (χ0) is 20.4. The highest BCUT2D eigenvalue weighted by atomic mass is 32.2. The molecule has 2 aromatic carbocycles. The van der Waals surface area contributed by atoms with Crippen LogP contribution in [0.4, 0.5) is 10.1 Å². The molecule has 4 rings (SSSR count). The number of hydrogen-bond acceptors (Lipinski definition) is 5. The van der Waals surface area contributed by atoms with Crippen molar-refractivity contribution in [1.29, 1.82) is 0 Å². The molecular formula is C21H19FN2O3S2. The number of halogens is 1. The van der Waals surface area contributed by atoms with Crippen LogP contribution in [0.2, 0.25) is 0 Å². The molecule has 0 radical (unpaired) electrons. The van der Waals surface area contributed by atoms with Crippen molar-refractivity contribution >= 4 is 32.8 Å². The summed E-state index contributed by atoms with van der Waals surface area (Å²) in [5.41, 5.74) is 0.534. The summed E-state index contributed by atoms with van der Waals surface area (Å²) in [4.78, 5) is 17.0. The number of piperazine rings is 1. The summed E-state index contributed by atoms with van der Waals surface area (Å²) in [5, 5.41) is 0. The van der Waals surface area contributed by atoms with Crippen LogP contribution in [0.15, 0.2) is 75.8 Å². The smallest absolute Gasteiger partial charge is 0.264 e. The molecular weight excluding hydrogens is 411 g/mol. The second kappa shape index (κ2) is 7.96. The Morgan fingerprint density at radius 3 is 2.21 bits per heavy atom. The number of thiophene rings is 1. The van der Waals surface area contributed by atoms with Crippen LogP contribution in [0.3, 0.4) is 0 Å². The van der Waals surface area contributed by atoms with E-state index in [1.165, 1.54) is 12.1 Å². The maximum atomic E-state index is 14.0. The van der Waals surface area contributed by atoms with E-state index in [0.717, 1.165) is 11.3 Å². The second-order valence-electron chi connectivity index (χ2n) is 6.67. The minimum atomic E-state index is -3.63. The molecule has 0 aliphatic carbocycles. The molecule has 1 aliphatic heterocycles. The highest BCUT2D eigenvalue weighted by Crippen LogP contribution is 2.29. The van der Waals surface area contributed by atoms with Crippen LogP contribution in [0.25, 0.3) is 0 Å². The van der Waals surface area contributed by atoms with Crippen molar-refractivity contribution in [3.8, 4) is 0 Å². The Hall–Kier alpha value is -2.71. The number of sulfone groups is 1.